The van der Waals surface area contributed by atoms with Crippen LogP contribution in [-0.2, 0) is 18.3 Å². The highest BCUT2D eigenvalue weighted by molar-refractivity contribution is 5.81. The first kappa shape index (κ1) is 12.3. The van der Waals surface area contributed by atoms with Gasteiger partial charge in [0.1, 0.15) is 5.78 Å². The molecule has 2 rings (SSSR count). The minimum atomic E-state index is 0.256. The molecule has 1 fully saturated rings. The van der Waals surface area contributed by atoms with Gasteiger partial charge in [0.05, 0.1) is 6.20 Å². The van der Waals surface area contributed by atoms with Gasteiger partial charge in [-0.1, -0.05) is 0 Å². The first-order valence-electron chi connectivity index (χ1n) is 6.41. The van der Waals surface area contributed by atoms with Crippen molar-refractivity contribution in [1.82, 2.24) is 9.78 Å². The molecule has 1 heterocycles. The van der Waals surface area contributed by atoms with Crippen molar-refractivity contribution in [3.05, 3.63) is 18.0 Å². The van der Waals surface area contributed by atoms with Gasteiger partial charge in [-0.15, -0.1) is 0 Å². The van der Waals surface area contributed by atoms with Crippen molar-refractivity contribution in [2.24, 2.45) is 18.7 Å². The zero-order valence-corrected chi connectivity index (χ0v) is 10.4. The molecule has 1 aromatic rings. The van der Waals surface area contributed by atoms with Gasteiger partial charge < -0.3 is 5.73 Å². The van der Waals surface area contributed by atoms with Crippen molar-refractivity contribution in [3.63, 3.8) is 0 Å². The van der Waals surface area contributed by atoms with E-state index in [1.165, 1.54) is 0 Å². The van der Waals surface area contributed by atoms with Crippen LogP contribution in [0.1, 0.15) is 37.7 Å². The molecule has 0 aliphatic heterocycles. The third-order valence-corrected chi connectivity index (χ3v) is 3.65. The Morgan fingerprint density at radius 1 is 1.47 bits per heavy atom. The van der Waals surface area contributed by atoms with Crippen molar-refractivity contribution < 1.29 is 4.79 Å². The quantitative estimate of drug-likeness (QED) is 0.859. The maximum atomic E-state index is 12.0. The Bertz CT molecular complexity index is 378. The highest BCUT2D eigenvalue weighted by Crippen LogP contribution is 2.25. The minimum Gasteiger partial charge on any atom is -0.328 e. The van der Waals surface area contributed by atoms with E-state index < -0.39 is 0 Å². The molecule has 0 spiro atoms. The van der Waals surface area contributed by atoms with E-state index in [0.717, 1.165) is 37.7 Å². The highest BCUT2D eigenvalue weighted by atomic mass is 16.1. The number of hydrogen-bond donors (Lipinski definition) is 1. The SMILES string of the molecule is Cn1cc(CCC(=O)C2CCC(N)CC2)cn1. The summed E-state index contributed by atoms with van der Waals surface area (Å²) in [4.78, 5) is 12.0. The molecule has 0 atom stereocenters. The van der Waals surface area contributed by atoms with Crippen LogP contribution in [0.5, 0.6) is 0 Å². The largest absolute Gasteiger partial charge is 0.328 e. The van der Waals surface area contributed by atoms with E-state index in [1.54, 1.807) is 4.68 Å². The molecule has 2 N–H and O–H groups in total. The fourth-order valence-electron chi connectivity index (χ4n) is 2.51. The van der Waals surface area contributed by atoms with Crippen molar-refractivity contribution in [1.29, 1.82) is 0 Å². The number of aryl methyl sites for hydroxylation is 2. The van der Waals surface area contributed by atoms with Crippen LogP contribution in [0.4, 0.5) is 0 Å². The van der Waals surface area contributed by atoms with Crippen LogP contribution >= 0.6 is 0 Å². The number of ketones is 1. The number of aromatic nitrogens is 2. The first-order chi connectivity index (χ1) is 8.15. The normalized spacial score (nSPS) is 24.8. The third-order valence-electron chi connectivity index (χ3n) is 3.65. The molecular weight excluding hydrogens is 214 g/mol. The Kier molecular flexibility index (Phi) is 3.94. The predicted molar refractivity (Wildman–Crippen MR) is 66.5 cm³/mol. The monoisotopic (exact) mass is 235 g/mol. The van der Waals surface area contributed by atoms with Crippen LogP contribution in [0.2, 0.25) is 0 Å². The van der Waals surface area contributed by atoms with Gasteiger partial charge in [-0.2, -0.15) is 5.10 Å². The van der Waals surface area contributed by atoms with E-state index in [0.29, 0.717) is 18.2 Å². The van der Waals surface area contributed by atoms with Crippen molar-refractivity contribution in [3.8, 4) is 0 Å². The topological polar surface area (TPSA) is 60.9 Å². The number of hydrogen-bond acceptors (Lipinski definition) is 3. The second-order valence-electron chi connectivity index (χ2n) is 5.10. The van der Waals surface area contributed by atoms with Crippen LogP contribution in [0.3, 0.4) is 0 Å². The highest BCUT2D eigenvalue weighted by Gasteiger charge is 2.23. The summed E-state index contributed by atoms with van der Waals surface area (Å²) in [7, 11) is 1.90. The molecule has 0 unspecified atom stereocenters. The van der Waals surface area contributed by atoms with E-state index in [4.69, 9.17) is 5.73 Å². The fraction of sp³-hybridized carbons (Fsp3) is 0.692. The Morgan fingerprint density at radius 2 is 2.18 bits per heavy atom. The summed E-state index contributed by atoms with van der Waals surface area (Å²) in [5, 5.41) is 4.11. The summed E-state index contributed by atoms with van der Waals surface area (Å²) in [6.45, 7) is 0. The lowest BCUT2D eigenvalue weighted by Gasteiger charge is -2.24. The molecular formula is C13H21N3O. The third kappa shape index (κ3) is 3.40. The van der Waals surface area contributed by atoms with Crippen molar-refractivity contribution >= 4 is 5.78 Å². The van der Waals surface area contributed by atoms with Gasteiger partial charge in [0.25, 0.3) is 0 Å². The van der Waals surface area contributed by atoms with E-state index >= 15 is 0 Å². The molecule has 1 aliphatic rings. The summed E-state index contributed by atoms with van der Waals surface area (Å²) in [5.41, 5.74) is 6.99. The molecule has 0 bridgehead atoms. The Hall–Kier alpha value is -1.16. The summed E-state index contributed by atoms with van der Waals surface area (Å²) < 4.78 is 1.78. The Balaban J connectivity index is 1.77. The van der Waals surface area contributed by atoms with Gasteiger partial charge in [0, 0.05) is 31.6 Å². The van der Waals surface area contributed by atoms with E-state index in [2.05, 4.69) is 5.10 Å². The standard InChI is InChI=1S/C13H21N3O/c1-16-9-10(8-15-16)2-7-13(17)11-3-5-12(14)6-4-11/h8-9,11-12H,2-7,14H2,1H3. The summed E-state index contributed by atoms with van der Waals surface area (Å²) in [5.74, 6) is 0.659. The van der Waals surface area contributed by atoms with Crippen LogP contribution in [-0.4, -0.2) is 21.6 Å². The van der Waals surface area contributed by atoms with Gasteiger partial charge in [-0.3, -0.25) is 9.48 Å². The average molecular weight is 235 g/mol. The van der Waals surface area contributed by atoms with Gasteiger partial charge in [-0.05, 0) is 37.7 Å². The number of Topliss-reactive ketones (excluding diaryl/α,β-unsaturated/α-hetero) is 1. The zero-order chi connectivity index (χ0) is 12.3. The Labute approximate surface area is 102 Å². The molecule has 94 valence electrons. The molecule has 4 heteroatoms. The lowest BCUT2D eigenvalue weighted by molar-refractivity contribution is -0.123. The summed E-state index contributed by atoms with van der Waals surface area (Å²) >= 11 is 0. The molecule has 0 saturated heterocycles. The lowest BCUT2D eigenvalue weighted by Crippen LogP contribution is -2.29. The molecule has 4 nitrogen and oxygen atoms in total. The zero-order valence-electron chi connectivity index (χ0n) is 10.4. The van der Waals surface area contributed by atoms with E-state index in [-0.39, 0.29) is 5.92 Å². The Morgan fingerprint density at radius 3 is 2.76 bits per heavy atom. The van der Waals surface area contributed by atoms with Gasteiger partial charge in [0.15, 0.2) is 0 Å². The average Bonchev–Trinajstić information content (AvgIpc) is 2.73. The van der Waals surface area contributed by atoms with Gasteiger partial charge in [0.2, 0.25) is 0 Å². The van der Waals surface area contributed by atoms with E-state index in [9.17, 15) is 4.79 Å². The number of carbonyl (C=O) groups is 1. The smallest absolute Gasteiger partial charge is 0.136 e. The molecule has 1 saturated carbocycles. The molecule has 0 aromatic carbocycles. The fourth-order valence-corrected chi connectivity index (χ4v) is 2.51. The first-order valence-corrected chi connectivity index (χ1v) is 6.41. The summed E-state index contributed by atoms with van der Waals surface area (Å²) in [6, 6.07) is 0.317. The number of nitrogens with zero attached hydrogens (tertiary/aromatic N) is 2. The molecule has 1 aromatic heterocycles. The van der Waals surface area contributed by atoms with Crippen LogP contribution in [0.25, 0.3) is 0 Å². The van der Waals surface area contributed by atoms with Crippen molar-refractivity contribution in [2.75, 3.05) is 0 Å². The molecule has 1 aliphatic carbocycles. The van der Waals surface area contributed by atoms with Crippen LogP contribution in [0.15, 0.2) is 12.4 Å². The predicted octanol–water partition coefficient (Wildman–Crippen LogP) is 1.44. The number of rotatable bonds is 4. The maximum Gasteiger partial charge on any atom is 0.136 e. The maximum absolute atomic E-state index is 12.0. The van der Waals surface area contributed by atoms with Gasteiger partial charge >= 0.3 is 0 Å². The minimum absolute atomic E-state index is 0.256. The van der Waals surface area contributed by atoms with E-state index in [1.807, 2.05) is 19.4 Å². The molecule has 17 heavy (non-hydrogen) atoms. The van der Waals surface area contributed by atoms with Crippen molar-refractivity contribution in [2.45, 2.75) is 44.6 Å². The molecule has 0 radical (unpaired) electrons. The van der Waals surface area contributed by atoms with Crippen LogP contribution in [0, 0.1) is 5.92 Å². The second-order valence-corrected chi connectivity index (χ2v) is 5.10. The van der Waals surface area contributed by atoms with Crippen LogP contribution < -0.4 is 5.73 Å². The number of carbonyl (C=O) groups excluding carboxylic acids is 1. The number of nitrogens with two attached hydrogens (primary N) is 1. The summed E-state index contributed by atoms with van der Waals surface area (Å²) in [6.07, 6.45) is 9.24. The molecule has 0 amide bonds. The second kappa shape index (κ2) is 5.45. The lowest BCUT2D eigenvalue weighted by atomic mass is 9.82. The van der Waals surface area contributed by atoms with Gasteiger partial charge in [-0.25, -0.2) is 0 Å².